The topological polar surface area (TPSA) is 87.8 Å². The van der Waals surface area contributed by atoms with Crippen LogP contribution in [0.5, 0.6) is 0 Å². The molecule has 0 aromatic carbocycles. The number of nitrogens with zero attached hydrogens (tertiary/aromatic N) is 5. The molecule has 3 aromatic rings. The molecule has 0 radical (unpaired) electrons. The zero-order valence-corrected chi connectivity index (χ0v) is 15.5. The molecule has 0 bridgehead atoms. The van der Waals surface area contributed by atoms with Crippen LogP contribution in [0.3, 0.4) is 0 Å². The van der Waals surface area contributed by atoms with Crippen LogP contribution in [0.1, 0.15) is 6.42 Å². The monoisotopic (exact) mass is 377 g/mol. The Balaban J connectivity index is 1.56. The molecule has 1 aliphatic carbocycles. The summed E-state index contributed by atoms with van der Waals surface area (Å²) in [5, 5.41) is 18.0. The largest absolute Gasteiger partial charge is 0.506 e. The third-order valence-electron chi connectivity index (χ3n) is 4.40. The predicted octanol–water partition coefficient (Wildman–Crippen LogP) is 2.12. The van der Waals surface area contributed by atoms with Gasteiger partial charge in [-0.2, -0.15) is 0 Å². The fourth-order valence-corrected chi connectivity index (χ4v) is 3.04. The highest BCUT2D eigenvalue weighted by atomic mass is 16.3. The summed E-state index contributed by atoms with van der Waals surface area (Å²) in [5.41, 5.74) is 1.77. The highest BCUT2D eigenvalue weighted by molar-refractivity contribution is 6.19. The van der Waals surface area contributed by atoms with Gasteiger partial charge < -0.3 is 10.4 Å². The van der Waals surface area contributed by atoms with Gasteiger partial charge in [-0.25, -0.2) is 18.6 Å². The maximum absolute atomic E-state index is 11.4. The highest BCUT2D eigenvalue weighted by Crippen LogP contribution is 2.30. The number of carbonyl (C=O) groups is 1. The molecule has 0 aliphatic heterocycles. The van der Waals surface area contributed by atoms with Crippen molar-refractivity contribution in [2.75, 3.05) is 11.9 Å². The van der Waals surface area contributed by atoms with Gasteiger partial charge in [-0.3, -0.25) is 4.79 Å². The fraction of sp³-hybridized carbons (Fsp3) is 0.200. The van der Waals surface area contributed by atoms with Crippen LogP contribution in [0.25, 0.3) is 5.52 Å². The number of carbonyl (C=O) groups excluding carboxylic acids is 1. The van der Waals surface area contributed by atoms with Crippen LogP contribution in [0.15, 0.2) is 72.1 Å². The highest BCUT2D eigenvalue weighted by Gasteiger charge is 2.16. The quantitative estimate of drug-likeness (QED) is 0.391. The Kier molecular flexibility index (Phi) is 4.76. The molecule has 0 unspecified atom stereocenters. The molecule has 0 spiro atoms. The summed E-state index contributed by atoms with van der Waals surface area (Å²) in [4.78, 5) is 16.0. The summed E-state index contributed by atoms with van der Waals surface area (Å²) < 4.78 is 5.87. The second kappa shape index (κ2) is 7.51. The number of fused-ring (bicyclic) bond motifs is 1. The molecule has 3 aromatic heterocycles. The standard InChI is InChI=1S/C20H20N6O2/c1-24-11-12-25(14-24)9-4-8-21-20-19(17-5-2-3-10-26(17)23-20)22-16-7-6-15(27)13-18(16)28/h2-3,5-7,10-14H,4,8-9H2,1H3,(H-,21,23,27,28)/p+1. The number of rotatable bonds is 6. The Morgan fingerprint density at radius 3 is 2.96 bits per heavy atom. The minimum absolute atomic E-state index is 0.144. The maximum atomic E-state index is 11.4. The molecule has 8 heteroatoms. The van der Waals surface area contributed by atoms with E-state index in [2.05, 4.69) is 20.0 Å². The van der Waals surface area contributed by atoms with Crippen molar-refractivity contribution in [2.24, 2.45) is 12.0 Å². The molecule has 0 amide bonds. The first-order chi connectivity index (χ1) is 13.6. The summed E-state index contributed by atoms with van der Waals surface area (Å²) in [6.45, 7) is 1.61. The number of imidazole rings is 1. The molecule has 0 saturated heterocycles. The second-order valence-electron chi connectivity index (χ2n) is 6.59. The van der Waals surface area contributed by atoms with Gasteiger partial charge in [0.15, 0.2) is 11.6 Å². The Morgan fingerprint density at radius 1 is 1.29 bits per heavy atom. The van der Waals surface area contributed by atoms with Gasteiger partial charge in [0, 0.05) is 25.2 Å². The lowest BCUT2D eigenvalue weighted by atomic mass is 10.1. The molecule has 0 atom stereocenters. The van der Waals surface area contributed by atoms with Gasteiger partial charge in [0.1, 0.15) is 29.6 Å². The summed E-state index contributed by atoms with van der Waals surface area (Å²) in [7, 11) is 1.99. The van der Waals surface area contributed by atoms with Crippen LogP contribution in [0.4, 0.5) is 11.5 Å². The van der Waals surface area contributed by atoms with E-state index >= 15 is 0 Å². The van der Waals surface area contributed by atoms with Crippen LogP contribution in [0.2, 0.25) is 0 Å². The van der Waals surface area contributed by atoms with Gasteiger partial charge in [0.25, 0.3) is 0 Å². The maximum Gasteiger partial charge on any atom is 0.243 e. The normalized spacial score (nSPS) is 15.4. The van der Waals surface area contributed by atoms with Crippen molar-refractivity contribution in [1.29, 1.82) is 0 Å². The number of aliphatic imine (C=N–C) groups is 1. The molecule has 0 fully saturated rings. The van der Waals surface area contributed by atoms with E-state index in [-0.39, 0.29) is 11.5 Å². The van der Waals surface area contributed by atoms with Crippen LogP contribution in [-0.2, 0) is 18.4 Å². The molecule has 1 aliphatic rings. The Hall–Kier alpha value is -3.68. The van der Waals surface area contributed by atoms with Gasteiger partial charge in [-0.05, 0) is 24.3 Å². The summed E-state index contributed by atoms with van der Waals surface area (Å²) in [5.74, 6) is 0.233. The Morgan fingerprint density at radius 2 is 2.18 bits per heavy atom. The molecule has 28 heavy (non-hydrogen) atoms. The van der Waals surface area contributed by atoms with E-state index in [1.807, 2.05) is 54.7 Å². The van der Waals surface area contributed by atoms with E-state index in [1.165, 1.54) is 12.2 Å². The molecule has 142 valence electrons. The van der Waals surface area contributed by atoms with Crippen molar-refractivity contribution >= 4 is 28.5 Å². The molecule has 0 saturated carbocycles. The minimum atomic E-state index is -0.256. The summed E-state index contributed by atoms with van der Waals surface area (Å²) in [6, 6.07) is 5.71. The number of hydrogen-bond acceptors (Lipinski definition) is 5. The molecule has 2 N–H and O–H groups in total. The van der Waals surface area contributed by atoms with Crippen LogP contribution < -0.4 is 9.88 Å². The number of hydrogen-bond donors (Lipinski definition) is 2. The summed E-state index contributed by atoms with van der Waals surface area (Å²) >= 11 is 0. The molecule has 4 rings (SSSR count). The van der Waals surface area contributed by atoms with E-state index in [1.54, 1.807) is 4.52 Å². The van der Waals surface area contributed by atoms with E-state index < -0.39 is 0 Å². The third-order valence-corrected chi connectivity index (χ3v) is 4.40. The average molecular weight is 377 g/mol. The number of aromatic nitrogens is 4. The number of allylic oxidation sites excluding steroid dienone is 3. The zero-order valence-electron chi connectivity index (χ0n) is 15.5. The lowest BCUT2D eigenvalue weighted by molar-refractivity contribution is -0.671. The van der Waals surface area contributed by atoms with Gasteiger partial charge in [0.2, 0.25) is 6.33 Å². The molecular weight excluding hydrogens is 356 g/mol. The van der Waals surface area contributed by atoms with Crippen molar-refractivity contribution in [3.8, 4) is 0 Å². The van der Waals surface area contributed by atoms with Gasteiger partial charge in [-0.1, -0.05) is 6.07 Å². The van der Waals surface area contributed by atoms with Gasteiger partial charge >= 0.3 is 0 Å². The molecular formula is C20H21N6O2+. The number of ketones is 1. The second-order valence-corrected chi connectivity index (χ2v) is 6.59. The predicted molar refractivity (Wildman–Crippen MR) is 106 cm³/mol. The van der Waals surface area contributed by atoms with Gasteiger partial charge in [0.05, 0.1) is 19.1 Å². The van der Waals surface area contributed by atoms with Crippen molar-refractivity contribution in [2.45, 2.75) is 13.0 Å². The number of aliphatic hydroxyl groups is 1. The van der Waals surface area contributed by atoms with E-state index in [9.17, 15) is 9.90 Å². The first kappa shape index (κ1) is 17.7. The summed E-state index contributed by atoms with van der Waals surface area (Å²) in [6.07, 6.45) is 12.9. The van der Waals surface area contributed by atoms with Crippen molar-refractivity contribution in [1.82, 2.24) is 14.2 Å². The SMILES string of the molecule is C[n+]1ccn(CCCNc2nn3ccccc3c2N=C2C=CC(=O)C=C2O)c1. The molecule has 3 heterocycles. The van der Waals surface area contributed by atoms with Crippen molar-refractivity contribution in [3.05, 3.63) is 67.1 Å². The minimum Gasteiger partial charge on any atom is -0.506 e. The molecule has 8 nitrogen and oxygen atoms in total. The Labute approximate surface area is 161 Å². The number of aliphatic hydroxyl groups excluding tert-OH is 1. The van der Waals surface area contributed by atoms with Crippen molar-refractivity contribution < 1.29 is 14.5 Å². The van der Waals surface area contributed by atoms with E-state index in [0.29, 0.717) is 17.2 Å². The lowest BCUT2D eigenvalue weighted by Crippen LogP contribution is -2.23. The fourth-order valence-electron chi connectivity index (χ4n) is 3.04. The third kappa shape index (κ3) is 3.71. The Bertz CT molecular complexity index is 1120. The van der Waals surface area contributed by atoms with E-state index in [0.717, 1.165) is 31.1 Å². The average Bonchev–Trinajstić information content (AvgIpc) is 3.24. The first-order valence-corrected chi connectivity index (χ1v) is 9.04. The number of pyridine rings is 1. The lowest BCUT2D eigenvalue weighted by Gasteiger charge is -2.06. The first-order valence-electron chi connectivity index (χ1n) is 9.04. The zero-order chi connectivity index (χ0) is 19.5. The van der Waals surface area contributed by atoms with Crippen LogP contribution in [-0.4, -0.2) is 37.3 Å². The van der Waals surface area contributed by atoms with Gasteiger partial charge in [-0.15, -0.1) is 5.10 Å². The number of nitrogens with one attached hydrogen (secondary N) is 1. The number of aryl methyl sites for hydroxylation is 2. The van der Waals surface area contributed by atoms with Crippen LogP contribution in [0, 0.1) is 0 Å². The van der Waals surface area contributed by atoms with E-state index in [4.69, 9.17) is 0 Å². The van der Waals surface area contributed by atoms with Crippen molar-refractivity contribution in [3.63, 3.8) is 0 Å². The smallest absolute Gasteiger partial charge is 0.243 e. The number of anilines is 1. The van der Waals surface area contributed by atoms with Crippen LogP contribution >= 0.6 is 0 Å².